The van der Waals surface area contributed by atoms with E-state index >= 15 is 0 Å². The van der Waals surface area contributed by atoms with Gasteiger partial charge < -0.3 is 10.6 Å². The molecule has 0 radical (unpaired) electrons. The Kier molecular flexibility index (Phi) is 8.11. The number of rotatable bonds is 3. The van der Waals surface area contributed by atoms with Gasteiger partial charge in [0.25, 0.3) is 5.56 Å². The molecule has 3 fully saturated rings. The molecule has 6 rings (SSSR count). The summed E-state index contributed by atoms with van der Waals surface area (Å²) in [7, 11) is 2.18. The number of likely N-dealkylation sites (N-methyl/N-ethyl adjacent to an activating group) is 1. The molecule has 3 saturated heterocycles. The fourth-order valence-corrected chi connectivity index (χ4v) is 7.49. The van der Waals surface area contributed by atoms with Crippen molar-refractivity contribution in [2.45, 2.75) is 63.2 Å². The topological polar surface area (TPSA) is 100 Å². The number of hydrazine groups is 1. The number of aromatic nitrogens is 4. The van der Waals surface area contributed by atoms with E-state index in [4.69, 9.17) is 16.6 Å². The van der Waals surface area contributed by atoms with E-state index in [9.17, 15) is 4.79 Å². The molecule has 2 bridgehead atoms. The third-order valence-corrected chi connectivity index (χ3v) is 9.60. The van der Waals surface area contributed by atoms with E-state index in [1.165, 1.54) is 11.5 Å². The van der Waals surface area contributed by atoms with Gasteiger partial charge in [0.2, 0.25) is 0 Å². The Bertz CT molecular complexity index is 1330. The van der Waals surface area contributed by atoms with Crippen molar-refractivity contribution in [3.8, 4) is 22.5 Å². The minimum atomic E-state index is -0.0319. The SMILES string of the molecule is C[C@@H]1CCC[C@H](n2cnc(-c3cc(Cl)ccc3-c3csnn3)cc2=O)C2CC(CCN2)C2C(CNN2C)NC1. The Labute approximate surface area is 238 Å². The lowest BCUT2D eigenvalue weighted by atomic mass is 9.80. The number of halogens is 1. The average Bonchev–Trinajstić information content (AvgIpc) is 3.60. The number of fused-ring (bicyclic) bond motifs is 4. The van der Waals surface area contributed by atoms with Crippen molar-refractivity contribution in [2.75, 3.05) is 26.7 Å². The van der Waals surface area contributed by atoms with Gasteiger partial charge in [0, 0.05) is 59.3 Å². The quantitative estimate of drug-likeness (QED) is 0.441. The fraction of sp³-hybridized carbons (Fsp3) is 0.571. The van der Waals surface area contributed by atoms with Crippen LogP contribution in [0.1, 0.15) is 45.1 Å². The summed E-state index contributed by atoms with van der Waals surface area (Å²) in [6.07, 6.45) is 7.09. The highest BCUT2D eigenvalue weighted by Crippen LogP contribution is 2.35. The third kappa shape index (κ3) is 5.68. The zero-order valence-corrected chi connectivity index (χ0v) is 24.1. The molecule has 4 unspecified atom stereocenters. The lowest BCUT2D eigenvalue weighted by Crippen LogP contribution is -2.54. The first kappa shape index (κ1) is 27.0. The van der Waals surface area contributed by atoms with Gasteiger partial charge >= 0.3 is 0 Å². The van der Waals surface area contributed by atoms with E-state index < -0.39 is 0 Å². The maximum absolute atomic E-state index is 13.7. The molecular weight excluding hydrogens is 532 g/mol. The molecule has 3 aromatic rings. The van der Waals surface area contributed by atoms with Crippen molar-refractivity contribution in [2.24, 2.45) is 11.8 Å². The standard InChI is InChI=1S/C28H37ClN8OS/c1-17-4-3-5-26(23-10-18(8-9-30-23)28-24(31-13-17)14-33-36(28)2)37-16-32-22(12-27(37)38)21-11-19(29)6-7-20(21)25-15-39-35-34-25/h6-7,11-12,15-18,23-24,26,28,30-31,33H,3-5,8-10,13-14H2,1-2H3/t17-,18?,23?,24?,26+,28?/m1/s1. The molecular formula is C28H37ClN8OS. The third-order valence-electron chi connectivity index (χ3n) is 8.86. The van der Waals surface area contributed by atoms with E-state index in [1.54, 1.807) is 12.4 Å². The molecule has 11 heteroatoms. The molecule has 208 valence electrons. The minimum Gasteiger partial charge on any atom is -0.312 e. The Hall–Kier alpha value is -2.21. The molecule has 1 aromatic carbocycles. The summed E-state index contributed by atoms with van der Waals surface area (Å²) in [5, 5.41) is 16.7. The smallest absolute Gasteiger partial charge is 0.254 e. The molecule has 39 heavy (non-hydrogen) atoms. The maximum Gasteiger partial charge on any atom is 0.254 e. The van der Waals surface area contributed by atoms with E-state index in [-0.39, 0.29) is 17.6 Å². The van der Waals surface area contributed by atoms with Crippen molar-refractivity contribution in [1.82, 2.24) is 40.2 Å². The fourth-order valence-electron chi connectivity index (χ4n) is 6.87. The molecule has 9 nitrogen and oxygen atoms in total. The number of nitrogens with one attached hydrogen (secondary N) is 3. The number of piperidine rings is 1. The molecule has 0 amide bonds. The highest BCUT2D eigenvalue weighted by Gasteiger charge is 2.41. The highest BCUT2D eigenvalue weighted by atomic mass is 35.5. The van der Waals surface area contributed by atoms with Gasteiger partial charge in [-0.15, -0.1) is 5.10 Å². The van der Waals surface area contributed by atoms with Crippen LogP contribution < -0.4 is 21.6 Å². The number of hydrogen-bond donors (Lipinski definition) is 3. The molecule has 5 heterocycles. The first-order valence-electron chi connectivity index (χ1n) is 14.1. The Morgan fingerprint density at radius 2 is 1.95 bits per heavy atom. The van der Waals surface area contributed by atoms with Crippen LogP contribution in [0.5, 0.6) is 0 Å². The zero-order chi connectivity index (χ0) is 26.9. The number of benzene rings is 1. The van der Waals surface area contributed by atoms with Crippen LogP contribution in [0.15, 0.2) is 40.8 Å². The van der Waals surface area contributed by atoms with Gasteiger partial charge in [0.05, 0.1) is 18.1 Å². The number of nitrogens with zero attached hydrogens (tertiary/aromatic N) is 5. The van der Waals surface area contributed by atoms with Gasteiger partial charge in [-0.2, -0.15) is 0 Å². The predicted molar refractivity (Wildman–Crippen MR) is 156 cm³/mol. The first-order valence-corrected chi connectivity index (χ1v) is 15.3. The van der Waals surface area contributed by atoms with Crippen LogP contribution in [-0.4, -0.2) is 69.0 Å². The van der Waals surface area contributed by atoms with Gasteiger partial charge in [-0.25, -0.2) is 9.99 Å². The monoisotopic (exact) mass is 568 g/mol. The largest absolute Gasteiger partial charge is 0.312 e. The van der Waals surface area contributed by atoms with Crippen LogP contribution >= 0.6 is 23.1 Å². The summed E-state index contributed by atoms with van der Waals surface area (Å²) in [4.78, 5) is 18.6. The van der Waals surface area contributed by atoms with E-state index in [0.717, 1.165) is 68.6 Å². The lowest BCUT2D eigenvalue weighted by Gasteiger charge is -2.42. The Balaban J connectivity index is 1.33. The number of hydrogen-bond acceptors (Lipinski definition) is 9. The van der Waals surface area contributed by atoms with Crippen LogP contribution in [0.4, 0.5) is 0 Å². The van der Waals surface area contributed by atoms with Gasteiger partial charge in [-0.05, 0) is 74.3 Å². The molecule has 6 atom stereocenters. The summed E-state index contributed by atoms with van der Waals surface area (Å²) in [6.45, 7) is 5.30. The molecule has 3 N–H and O–H groups in total. The second-order valence-electron chi connectivity index (χ2n) is 11.4. The first-order chi connectivity index (χ1) is 19.0. The summed E-state index contributed by atoms with van der Waals surface area (Å²) in [5.74, 6) is 1.14. The maximum atomic E-state index is 13.7. The van der Waals surface area contributed by atoms with Crippen LogP contribution in [0.2, 0.25) is 5.02 Å². The van der Waals surface area contributed by atoms with Crippen LogP contribution in [0, 0.1) is 11.8 Å². The second kappa shape index (κ2) is 11.7. The zero-order valence-electron chi connectivity index (χ0n) is 22.5. The molecule has 0 aliphatic carbocycles. The van der Waals surface area contributed by atoms with E-state index in [1.807, 2.05) is 28.1 Å². The molecule has 3 aliphatic heterocycles. The van der Waals surface area contributed by atoms with Gasteiger partial charge in [-0.3, -0.25) is 14.8 Å². The van der Waals surface area contributed by atoms with Gasteiger partial charge in [-0.1, -0.05) is 35.5 Å². The van der Waals surface area contributed by atoms with Crippen molar-refractivity contribution in [3.05, 3.63) is 51.3 Å². The van der Waals surface area contributed by atoms with Crippen LogP contribution in [0.25, 0.3) is 22.5 Å². The Morgan fingerprint density at radius 3 is 2.77 bits per heavy atom. The van der Waals surface area contributed by atoms with Gasteiger partial charge in [0.1, 0.15) is 5.69 Å². The summed E-state index contributed by atoms with van der Waals surface area (Å²) < 4.78 is 5.88. The van der Waals surface area contributed by atoms with Gasteiger partial charge in [0.15, 0.2) is 0 Å². The van der Waals surface area contributed by atoms with Crippen molar-refractivity contribution >= 4 is 23.1 Å². The van der Waals surface area contributed by atoms with Crippen LogP contribution in [-0.2, 0) is 0 Å². The Morgan fingerprint density at radius 1 is 1.05 bits per heavy atom. The lowest BCUT2D eigenvalue weighted by molar-refractivity contribution is 0.108. The van der Waals surface area contributed by atoms with Crippen molar-refractivity contribution in [3.63, 3.8) is 0 Å². The molecule has 0 spiro atoms. The van der Waals surface area contributed by atoms with Crippen molar-refractivity contribution < 1.29 is 0 Å². The minimum absolute atomic E-state index is 0.0319. The average molecular weight is 569 g/mol. The second-order valence-corrected chi connectivity index (χ2v) is 12.5. The summed E-state index contributed by atoms with van der Waals surface area (Å²) in [5.41, 5.74) is 6.55. The molecule has 2 aromatic heterocycles. The van der Waals surface area contributed by atoms with E-state index in [2.05, 4.69) is 44.6 Å². The molecule has 0 saturated carbocycles. The molecule has 3 aliphatic rings. The summed E-state index contributed by atoms with van der Waals surface area (Å²) in [6, 6.07) is 8.42. The normalized spacial score (nSPS) is 30.3. The summed E-state index contributed by atoms with van der Waals surface area (Å²) >= 11 is 7.65. The highest BCUT2D eigenvalue weighted by molar-refractivity contribution is 7.03. The predicted octanol–water partition coefficient (Wildman–Crippen LogP) is 3.59. The van der Waals surface area contributed by atoms with Crippen molar-refractivity contribution in [1.29, 1.82) is 0 Å². The van der Waals surface area contributed by atoms with E-state index in [0.29, 0.717) is 34.6 Å². The van der Waals surface area contributed by atoms with Crippen LogP contribution in [0.3, 0.4) is 0 Å².